The van der Waals surface area contributed by atoms with Gasteiger partial charge < -0.3 is 4.79 Å². The van der Waals surface area contributed by atoms with Crippen LogP contribution < -0.4 is 0 Å². The van der Waals surface area contributed by atoms with Gasteiger partial charge in [-0.1, -0.05) is 37.1 Å². The van der Waals surface area contributed by atoms with Crippen LogP contribution in [0.5, 0.6) is 0 Å². The maximum absolute atomic E-state index is 11.7. The molecule has 0 spiro atoms. The summed E-state index contributed by atoms with van der Waals surface area (Å²) in [6, 6.07) is 0. The Kier molecular flexibility index (Phi) is 9.96. The van der Waals surface area contributed by atoms with Gasteiger partial charge in [-0.2, -0.15) is 0 Å². The molecule has 0 N–H and O–H groups in total. The van der Waals surface area contributed by atoms with E-state index in [1.165, 1.54) is 11.1 Å². The van der Waals surface area contributed by atoms with Gasteiger partial charge in [0.2, 0.25) is 0 Å². The van der Waals surface area contributed by atoms with Gasteiger partial charge in [-0.15, -0.1) is 0 Å². The molecule has 0 rings (SSSR count). The molecule has 0 aliphatic rings. The highest BCUT2D eigenvalue weighted by atomic mass is 16.1. The minimum atomic E-state index is 0.244. The van der Waals surface area contributed by atoms with Crippen molar-refractivity contribution >= 4 is 11.6 Å². The first-order valence-electron chi connectivity index (χ1n) is 7.63. The molecule has 0 radical (unpaired) electrons. The van der Waals surface area contributed by atoms with Gasteiger partial charge >= 0.3 is 0 Å². The highest BCUT2D eigenvalue weighted by Gasteiger charge is 2.05. The first-order chi connectivity index (χ1) is 9.31. The molecule has 0 bridgehead atoms. The fourth-order valence-corrected chi connectivity index (χ4v) is 2.08. The summed E-state index contributed by atoms with van der Waals surface area (Å²) in [5, 5.41) is 0. The monoisotopic (exact) mass is 278 g/mol. The largest absolute Gasteiger partial charge is 0.300 e. The third-order valence-corrected chi connectivity index (χ3v) is 3.13. The second-order valence-corrected chi connectivity index (χ2v) is 6.19. The molecule has 0 saturated heterocycles. The lowest BCUT2D eigenvalue weighted by Gasteiger charge is -2.04. The number of carbonyl (C=O) groups excluding carboxylic acids is 2. The van der Waals surface area contributed by atoms with Crippen LogP contribution in [0.1, 0.15) is 73.1 Å². The van der Waals surface area contributed by atoms with E-state index >= 15 is 0 Å². The Morgan fingerprint density at radius 2 is 1.45 bits per heavy atom. The summed E-state index contributed by atoms with van der Waals surface area (Å²) in [5.41, 5.74) is 2.50. The number of ketones is 2. The van der Waals surface area contributed by atoms with Crippen LogP contribution in [-0.4, -0.2) is 11.6 Å². The molecule has 0 aliphatic carbocycles. The van der Waals surface area contributed by atoms with Crippen LogP contribution in [0.3, 0.4) is 0 Å². The second kappa shape index (κ2) is 10.6. The SMILES string of the molecule is CC(=O)CCC=C(C)CCC=C(C)CC(=O)CC(C)C. The third-order valence-electron chi connectivity index (χ3n) is 3.13. The molecule has 20 heavy (non-hydrogen) atoms. The van der Waals surface area contributed by atoms with Gasteiger partial charge in [0.25, 0.3) is 0 Å². The van der Waals surface area contributed by atoms with E-state index in [4.69, 9.17) is 0 Å². The molecule has 0 aliphatic heterocycles. The van der Waals surface area contributed by atoms with Gasteiger partial charge in [-0.05, 0) is 46.0 Å². The van der Waals surface area contributed by atoms with Gasteiger partial charge in [0.1, 0.15) is 11.6 Å². The molecule has 0 saturated carbocycles. The number of hydrogen-bond acceptors (Lipinski definition) is 2. The van der Waals surface area contributed by atoms with Gasteiger partial charge in [0, 0.05) is 19.3 Å². The summed E-state index contributed by atoms with van der Waals surface area (Å²) < 4.78 is 0. The summed E-state index contributed by atoms with van der Waals surface area (Å²) >= 11 is 0. The lowest BCUT2D eigenvalue weighted by molar-refractivity contribution is -0.119. The van der Waals surface area contributed by atoms with Crippen molar-refractivity contribution in [3.05, 3.63) is 23.3 Å². The molecule has 0 aromatic rings. The summed E-state index contributed by atoms with van der Waals surface area (Å²) in [5.74, 6) is 1.03. The Morgan fingerprint density at radius 1 is 0.900 bits per heavy atom. The highest BCUT2D eigenvalue weighted by molar-refractivity contribution is 5.80. The molecular formula is C18H30O2. The average molecular weight is 278 g/mol. The van der Waals surface area contributed by atoms with E-state index in [1.807, 2.05) is 6.92 Å². The van der Waals surface area contributed by atoms with Crippen molar-refractivity contribution in [3.8, 4) is 0 Å². The lowest BCUT2D eigenvalue weighted by atomic mass is 10.0. The molecule has 0 unspecified atom stereocenters. The highest BCUT2D eigenvalue weighted by Crippen LogP contribution is 2.12. The minimum Gasteiger partial charge on any atom is -0.300 e. The Balaban J connectivity index is 3.98. The van der Waals surface area contributed by atoms with E-state index in [0.717, 1.165) is 19.3 Å². The molecule has 0 aromatic heterocycles. The zero-order chi connectivity index (χ0) is 15.5. The first-order valence-corrected chi connectivity index (χ1v) is 7.63. The van der Waals surface area contributed by atoms with E-state index in [0.29, 0.717) is 31.0 Å². The van der Waals surface area contributed by atoms with Crippen molar-refractivity contribution in [2.45, 2.75) is 73.1 Å². The second-order valence-electron chi connectivity index (χ2n) is 6.19. The molecule has 2 heteroatoms. The van der Waals surface area contributed by atoms with Crippen molar-refractivity contribution in [1.82, 2.24) is 0 Å². The number of allylic oxidation sites excluding steroid dienone is 4. The molecule has 0 heterocycles. The number of carbonyl (C=O) groups is 2. The summed E-state index contributed by atoms with van der Waals surface area (Å²) in [7, 11) is 0. The van der Waals surface area contributed by atoms with E-state index < -0.39 is 0 Å². The quantitative estimate of drug-likeness (QED) is 0.525. The van der Waals surface area contributed by atoms with E-state index in [-0.39, 0.29) is 5.78 Å². The molecular weight excluding hydrogens is 248 g/mol. The normalized spacial score (nSPS) is 12.9. The molecule has 0 fully saturated rings. The minimum absolute atomic E-state index is 0.244. The maximum atomic E-state index is 11.7. The topological polar surface area (TPSA) is 34.1 Å². The van der Waals surface area contributed by atoms with Gasteiger partial charge in [-0.3, -0.25) is 4.79 Å². The zero-order valence-corrected chi connectivity index (χ0v) is 13.8. The van der Waals surface area contributed by atoms with E-state index in [2.05, 4.69) is 32.9 Å². The van der Waals surface area contributed by atoms with Crippen LogP contribution in [-0.2, 0) is 9.59 Å². The van der Waals surface area contributed by atoms with Gasteiger partial charge in [0.15, 0.2) is 0 Å². The first kappa shape index (κ1) is 18.8. The summed E-state index contributed by atoms with van der Waals surface area (Å²) in [4.78, 5) is 22.5. The van der Waals surface area contributed by atoms with Crippen LogP contribution >= 0.6 is 0 Å². The Labute approximate surface area is 124 Å². The van der Waals surface area contributed by atoms with Crippen LogP contribution in [0.4, 0.5) is 0 Å². The maximum Gasteiger partial charge on any atom is 0.137 e. The van der Waals surface area contributed by atoms with Gasteiger partial charge in [0.05, 0.1) is 0 Å². The third kappa shape index (κ3) is 11.9. The Morgan fingerprint density at radius 3 is 2.00 bits per heavy atom. The van der Waals surface area contributed by atoms with Crippen molar-refractivity contribution in [2.75, 3.05) is 0 Å². The summed E-state index contributed by atoms with van der Waals surface area (Å²) in [6.07, 6.45) is 9.04. The van der Waals surface area contributed by atoms with Crippen LogP contribution in [0, 0.1) is 5.92 Å². The van der Waals surface area contributed by atoms with Crippen LogP contribution in [0.25, 0.3) is 0 Å². The van der Waals surface area contributed by atoms with Gasteiger partial charge in [-0.25, -0.2) is 0 Å². The van der Waals surface area contributed by atoms with Crippen molar-refractivity contribution in [2.24, 2.45) is 5.92 Å². The average Bonchev–Trinajstić information content (AvgIpc) is 2.26. The standard InChI is InChI=1S/C18H30O2/c1-14(2)12-18(20)13-16(4)10-6-8-15(3)9-7-11-17(5)19/h9-10,14H,6-8,11-13H2,1-5H3. The van der Waals surface area contributed by atoms with Crippen molar-refractivity contribution < 1.29 is 9.59 Å². The summed E-state index contributed by atoms with van der Waals surface area (Å²) in [6.45, 7) is 9.92. The predicted molar refractivity (Wildman–Crippen MR) is 85.7 cm³/mol. The number of rotatable bonds is 10. The van der Waals surface area contributed by atoms with E-state index in [9.17, 15) is 9.59 Å². The van der Waals surface area contributed by atoms with E-state index in [1.54, 1.807) is 6.92 Å². The lowest BCUT2D eigenvalue weighted by Crippen LogP contribution is -2.02. The molecule has 0 amide bonds. The fourth-order valence-electron chi connectivity index (χ4n) is 2.08. The van der Waals surface area contributed by atoms with Crippen LogP contribution in [0.15, 0.2) is 23.3 Å². The van der Waals surface area contributed by atoms with Crippen LogP contribution in [0.2, 0.25) is 0 Å². The molecule has 0 aromatic carbocycles. The Hall–Kier alpha value is -1.18. The Bertz CT molecular complexity index is 373. The fraction of sp³-hybridized carbons (Fsp3) is 0.667. The predicted octanol–water partition coefficient (Wildman–Crippen LogP) is 5.03. The smallest absolute Gasteiger partial charge is 0.137 e. The molecule has 2 nitrogen and oxygen atoms in total. The molecule has 114 valence electrons. The number of hydrogen-bond donors (Lipinski definition) is 0. The van der Waals surface area contributed by atoms with Crippen molar-refractivity contribution in [3.63, 3.8) is 0 Å². The molecule has 0 atom stereocenters. The van der Waals surface area contributed by atoms with Crippen molar-refractivity contribution in [1.29, 1.82) is 0 Å². The number of Topliss-reactive ketones (excluding diaryl/α,β-unsaturated/α-hetero) is 2. The zero-order valence-electron chi connectivity index (χ0n) is 13.8.